The maximum atomic E-state index is 12.8. The van der Waals surface area contributed by atoms with Crippen LogP contribution in [0.1, 0.15) is 50.4 Å². The Morgan fingerprint density at radius 3 is 2.50 bits per heavy atom. The van der Waals surface area contributed by atoms with Gasteiger partial charge in [0.05, 0.1) is 18.8 Å². The van der Waals surface area contributed by atoms with Crippen molar-refractivity contribution < 1.29 is 14.3 Å². The zero-order valence-corrected chi connectivity index (χ0v) is 20.1. The molecule has 0 aliphatic rings. The van der Waals surface area contributed by atoms with E-state index in [-0.39, 0.29) is 11.0 Å². The van der Waals surface area contributed by atoms with Gasteiger partial charge in [-0.3, -0.25) is 10.1 Å². The molecule has 30 heavy (non-hydrogen) atoms. The van der Waals surface area contributed by atoms with Crippen molar-refractivity contribution in [3.05, 3.63) is 52.5 Å². The van der Waals surface area contributed by atoms with Crippen LogP contribution in [0.2, 0.25) is 0 Å². The number of carbonyl (C=O) groups is 1. The van der Waals surface area contributed by atoms with Crippen LogP contribution in [0.25, 0.3) is 0 Å². The quantitative estimate of drug-likeness (QED) is 0.306. The lowest BCUT2D eigenvalue weighted by Gasteiger charge is -2.14. The van der Waals surface area contributed by atoms with Gasteiger partial charge >= 0.3 is 0 Å². The number of amides is 1. The van der Waals surface area contributed by atoms with Crippen molar-refractivity contribution in [2.45, 2.75) is 40.0 Å². The maximum absolute atomic E-state index is 12.8. The molecule has 0 aromatic heterocycles. The van der Waals surface area contributed by atoms with Gasteiger partial charge in [0.25, 0.3) is 5.91 Å². The van der Waals surface area contributed by atoms with Gasteiger partial charge in [0.2, 0.25) is 0 Å². The lowest BCUT2D eigenvalue weighted by Crippen LogP contribution is -2.34. The molecule has 0 bridgehead atoms. The van der Waals surface area contributed by atoms with Crippen molar-refractivity contribution in [2.24, 2.45) is 5.92 Å². The Morgan fingerprint density at radius 1 is 1.10 bits per heavy atom. The number of carbonyl (C=O) groups excluding carboxylic acids is 1. The second kappa shape index (κ2) is 12.5. The number of rotatable bonds is 10. The first kappa shape index (κ1) is 24.2. The maximum Gasteiger partial charge on any atom is 0.261 e. The van der Waals surface area contributed by atoms with Gasteiger partial charge in [-0.2, -0.15) is 0 Å². The molecule has 0 fully saturated rings. The number of nitrogens with one attached hydrogen (secondary N) is 2. The molecule has 0 heterocycles. The fourth-order valence-corrected chi connectivity index (χ4v) is 3.08. The average molecular weight is 493 g/mol. The minimum absolute atomic E-state index is 0.216. The van der Waals surface area contributed by atoms with Gasteiger partial charge in [-0.15, -0.1) is 0 Å². The Labute approximate surface area is 192 Å². The van der Waals surface area contributed by atoms with Crippen LogP contribution in [-0.4, -0.2) is 24.2 Å². The predicted octanol–water partition coefficient (Wildman–Crippen LogP) is 6.18. The van der Waals surface area contributed by atoms with Crippen LogP contribution in [0.4, 0.5) is 5.69 Å². The summed E-state index contributed by atoms with van der Waals surface area (Å²) < 4.78 is 12.3. The summed E-state index contributed by atoms with van der Waals surface area (Å²) in [5.74, 6) is 1.54. The number of ether oxygens (including phenoxy) is 2. The SMILES string of the molecule is CCCCOc1ccc(NC(=S)NC(=O)c2cc(Br)ccc2OCCC(C)C)cc1. The molecule has 0 spiro atoms. The molecule has 162 valence electrons. The van der Waals surface area contributed by atoms with Crippen LogP contribution in [0.15, 0.2) is 46.9 Å². The van der Waals surface area contributed by atoms with E-state index in [0.717, 1.165) is 35.2 Å². The summed E-state index contributed by atoms with van der Waals surface area (Å²) in [5.41, 5.74) is 1.20. The lowest BCUT2D eigenvalue weighted by molar-refractivity contribution is 0.0973. The highest BCUT2D eigenvalue weighted by Gasteiger charge is 2.15. The zero-order chi connectivity index (χ0) is 21.9. The molecule has 0 saturated carbocycles. The molecule has 7 heteroatoms. The van der Waals surface area contributed by atoms with Crippen LogP contribution >= 0.6 is 28.1 Å². The third-order valence-corrected chi connectivity index (χ3v) is 4.94. The second-order valence-electron chi connectivity index (χ2n) is 7.31. The molecule has 2 aromatic rings. The Balaban J connectivity index is 1.95. The van der Waals surface area contributed by atoms with E-state index in [1.165, 1.54) is 0 Å². The summed E-state index contributed by atoms with van der Waals surface area (Å²) in [7, 11) is 0. The molecule has 0 saturated heterocycles. The van der Waals surface area contributed by atoms with E-state index < -0.39 is 0 Å². The van der Waals surface area contributed by atoms with Crippen molar-refractivity contribution in [3.63, 3.8) is 0 Å². The van der Waals surface area contributed by atoms with Crippen molar-refractivity contribution in [3.8, 4) is 11.5 Å². The number of benzene rings is 2. The lowest BCUT2D eigenvalue weighted by atomic mass is 10.1. The molecule has 5 nitrogen and oxygen atoms in total. The van der Waals surface area contributed by atoms with Crippen molar-refractivity contribution >= 4 is 44.9 Å². The summed E-state index contributed by atoms with van der Waals surface area (Å²) in [5, 5.41) is 5.95. The molecule has 0 radical (unpaired) electrons. The molecule has 1 amide bonds. The molecule has 0 aliphatic heterocycles. The smallest absolute Gasteiger partial charge is 0.261 e. The van der Waals surface area contributed by atoms with Gasteiger partial charge in [-0.05, 0) is 73.4 Å². The number of anilines is 1. The highest BCUT2D eigenvalue weighted by Crippen LogP contribution is 2.24. The normalized spacial score (nSPS) is 10.6. The second-order valence-corrected chi connectivity index (χ2v) is 8.63. The van der Waals surface area contributed by atoms with Crippen LogP contribution in [0.5, 0.6) is 11.5 Å². The molecule has 2 rings (SSSR count). The van der Waals surface area contributed by atoms with E-state index in [4.69, 9.17) is 21.7 Å². The van der Waals surface area contributed by atoms with E-state index in [9.17, 15) is 4.79 Å². The molecular weight excluding hydrogens is 464 g/mol. The molecule has 0 aliphatic carbocycles. The molecule has 0 unspecified atom stereocenters. The number of hydrogen-bond donors (Lipinski definition) is 2. The summed E-state index contributed by atoms with van der Waals surface area (Å²) >= 11 is 8.71. The topological polar surface area (TPSA) is 59.6 Å². The van der Waals surface area contributed by atoms with Crippen LogP contribution in [0.3, 0.4) is 0 Å². The minimum Gasteiger partial charge on any atom is -0.494 e. The Kier molecular flexibility index (Phi) is 10.1. The summed E-state index contributed by atoms with van der Waals surface area (Å²) in [6.45, 7) is 7.64. The van der Waals surface area contributed by atoms with Gasteiger partial charge in [-0.1, -0.05) is 43.1 Å². The number of halogens is 1. The highest BCUT2D eigenvalue weighted by molar-refractivity contribution is 9.10. The first-order valence-electron chi connectivity index (χ1n) is 10.2. The summed E-state index contributed by atoms with van der Waals surface area (Å²) in [6, 6.07) is 12.8. The molecule has 0 atom stereocenters. The van der Waals surface area contributed by atoms with E-state index in [2.05, 4.69) is 47.3 Å². The van der Waals surface area contributed by atoms with Crippen molar-refractivity contribution in [2.75, 3.05) is 18.5 Å². The van der Waals surface area contributed by atoms with E-state index in [0.29, 0.717) is 30.4 Å². The fraction of sp³-hybridized carbons (Fsp3) is 0.391. The minimum atomic E-state index is -0.326. The molecular formula is C23H29BrN2O3S. The molecule has 2 N–H and O–H groups in total. The summed E-state index contributed by atoms with van der Waals surface area (Å²) in [6.07, 6.45) is 3.03. The Morgan fingerprint density at radius 2 is 1.83 bits per heavy atom. The number of hydrogen-bond acceptors (Lipinski definition) is 4. The Bertz CT molecular complexity index is 841. The fourth-order valence-electron chi connectivity index (χ4n) is 2.51. The van der Waals surface area contributed by atoms with Gasteiger partial charge in [0.1, 0.15) is 11.5 Å². The first-order valence-corrected chi connectivity index (χ1v) is 11.4. The van der Waals surface area contributed by atoms with Crippen LogP contribution < -0.4 is 20.1 Å². The third kappa shape index (κ3) is 8.32. The van der Waals surface area contributed by atoms with Gasteiger partial charge in [0, 0.05) is 10.2 Å². The van der Waals surface area contributed by atoms with E-state index in [1.54, 1.807) is 12.1 Å². The zero-order valence-electron chi connectivity index (χ0n) is 17.7. The van der Waals surface area contributed by atoms with Crippen LogP contribution in [0, 0.1) is 5.92 Å². The highest BCUT2D eigenvalue weighted by atomic mass is 79.9. The molecule has 2 aromatic carbocycles. The average Bonchev–Trinajstić information content (AvgIpc) is 2.70. The number of thiocarbonyl (C=S) groups is 1. The predicted molar refractivity (Wildman–Crippen MR) is 130 cm³/mol. The summed E-state index contributed by atoms with van der Waals surface area (Å²) in [4.78, 5) is 12.8. The monoisotopic (exact) mass is 492 g/mol. The van der Waals surface area contributed by atoms with Crippen LogP contribution in [-0.2, 0) is 0 Å². The van der Waals surface area contributed by atoms with Gasteiger partial charge < -0.3 is 14.8 Å². The van der Waals surface area contributed by atoms with Gasteiger partial charge in [-0.25, -0.2) is 0 Å². The van der Waals surface area contributed by atoms with E-state index in [1.807, 2.05) is 30.3 Å². The van der Waals surface area contributed by atoms with Crippen molar-refractivity contribution in [1.29, 1.82) is 0 Å². The van der Waals surface area contributed by atoms with Crippen molar-refractivity contribution in [1.82, 2.24) is 5.32 Å². The largest absolute Gasteiger partial charge is 0.494 e. The first-order chi connectivity index (χ1) is 14.4. The number of unbranched alkanes of at least 4 members (excludes halogenated alkanes) is 1. The standard InChI is InChI=1S/C23H29BrN2O3S/c1-4-5-13-28-19-9-7-18(8-10-19)25-23(30)26-22(27)20-15-17(24)6-11-21(20)29-14-12-16(2)3/h6-11,15-16H,4-5,12-14H2,1-3H3,(H2,25,26,27,30). The third-order valence-electron chi connectivity index (χ3n) is 4.24. The Hall–Kier alpha value is -2.12. The van der Waals surface area contributed by atoms with E-state index >= 15 is 0 Å². The van der Waals surface area contributed by atoms with Gasteiger partial charge in [0.15, 0.2) is 5.11 Å².